The minimum Gasteiger partial charge on any atom is -0.378 e. The van der Waals surface area contributed by atoms with Gasteiger partial charge in [-0.05, 0) is 33.0 Å². The van der Waals surface area contributed by atoms with Gasteiger partial charge in [-0.1, -0.05) is 0 Å². The van der Waals surface area contributed by atoms with Crippen LogP contribution in [0.25, 0.3) is 0 Å². The van der Waals surface area contributed by atoms with Crippen molar-refractivity contribution >= 4 is 29.1 Å². The lowest BCUT2D eigenvalue weighted by molar-refractivity contribution is -0.137. The first-order valence-electron chi connectivity index (χ1n) is 7.00. The molecule has 8 heteroatoms. The Bertz CT molecular complexity index is 389. The summed E-state index contributed by atoms with van der Waals surface area (Å²) in [6.07, 6.45) is 0.314. The molecule has 21 heavy (non-hydrogen) atoms. The van der Waals surface area contributed by atoms with E-state index in [-0.39, 0.29) is 30.2 Å². The molecule has 0 unspecified atom stereocenters. The molecule has 120 valence electrons. The zero-order valence-electron chi connectivity index (χ0n) is 12.8. The van der Waals surface area contributed by atoms with Crippen LogP contribution in [-0.2, 0) is 14.3 Å². The molecule has 2 amide bonds. The molecule has 3 N–H and O–H groups in total. The molecule has 0 atom stereocenters. The van der Waals surface area contributed by atoms with Crippen molar-refractivity contribution in [3.63, 3.8) is 0 Å². The van der Waals surface area contributed by atoms with Crippen LogP contribution in [0.3, 0.4) is 0 Å². The number of hydrogen-bond donors (Lipinski definition) is 3. The molecule has 0 bridgehead atoms. The maximum absolute atomic E-state index is 11.9. The van der Waals surface area contributed by atoms with Gasteiger partial charge in [-0.15, -0.1) is 0 Å². The predicted molar refractivity (Wildman–Crippen MR) is 83.4 cm³/mol. The molecule has 7 nitrogen and oxygen atoms in total. The Kier molecular flexibility index (Phi) is 6.83. The molecule has 1 saturated heterocycles. The summed E-state index contributed by atoms with van der Waals surface area (Å²) in [5.74, 6) is -0.293. The lowest BCUT2D eigenvalue weighted by atomic mass is 10.1. The van der Waals surface area contributed by atoms with E-state index >= 15 is 0 Å². The average Bonchev–Trinajstić information content (AvgIpc) is 2.41. The second-order valence-electron chi connectivity index (χ2n) is 5.87. The molecular formula is C13H24N4O3S. The van der Waals surface area contributed by atoms with E-state index in [0.29, 0.717) is 31.4 Å². The Balaban J connectivity index is 2.18. The average molecular weight is 316 g/mol. The molecular weight excluding hydrogens is 292 g/mol. The van der Waals surface area contributed by atoms with Gasteiger partial charge in [0.05, 0.1) is 13.2 Å². The maximum Gasteiger partial charge on any atom is 0.238 e. The minimum atomic E-state index is -0.269. The minimum absolute atomic E-state index is 0.0242. The van der Waals surface area contributed by atoms with Gasteiger partial charge in [0, 0.05) is 31.5 Å². The van der Waals surface area contributed by atoms with Gasteiger partial charge >= 0.3 is 0 Å². The number of hydrazine groups is 1. The van der Waals surface area contributed by atoms with Crippen LogP contribution in [0.4, 0.5) is 0 Å². The van der Waals surface area contributed by atoms with Gasteiger partial charge in [0.1, 0.15) is 0 Å². The topological polar surface area (TPSA) is 82.7 Å². The first kappa shape index (κ1) is 17.6. The Morgan fingerprint density at radius 1 is 1.14 bits per heavy atom. The summed E-state index contributed by atoms with van der Waals surface area (Å²) in [5, 5.41) is 3.35. The van der Waals surface area contributed by atoms with Crippen LogP contribution < -0.4 is 16.2 Å². The largest absolute Gasteiger partial charge is 0.378 e. The van der Waals surface area contributed by atoms with Crippen LogP contribution in [0.1, 0.15) is 33.6 Å². The standard InChI is InChI=1S/C13H24N4O3S/c1-13(2,3)14-12(21)16-15-10(18)4-5-11(19)17-6-8-20-9-7-17/h4-9H2,1-3H3,(H,15,18)(H2,14,16,21). The number of ether oxygens (including phenoxy) is 1. The first-order valence-corrected chi connectivity index (χ1v) is 7.41. The van der Waals surface area contributed by atoms with E-state index in [1.807, 2.05) is 20.8 Å². The lowest BCUT2D eigenvalue weighted by Crippen LogP contribution is -2.52. The third-order valence-electron chi connectivity index (χ3n) is 2.73. The third-order valence-corrected chi connectivity index (χ3v) is 2.94. The first-order chi connectivity index (χ1) is 9.78. The van der Waals surface area contributed by atoms with Crippen molar-refractivity contribution in [3.8, 4) is 0 Å². The van der Waals surface area contributed by atoms with Gasteiger partial charge in [0.15, 0.2) is 5.11 Å². The van der Waals surface area contributed by atoms with E-state index in [9.17, 15) is 9.59 Å². The van der Waals surface area contributed by atoms with Crippen molar-refractivity contribution in [2.24, 2.45) is 0 Å². The summed E-state index contributed by atoms with van der Waals surface area (Å²) in [7, 11) is 0. The lowest BCUT2D eigenvalue weighted by Gasteiger charge is -2.26. The second-order valence-corrected chi connectivity index (χ2v) is 6.28. The molecule has 1 heterocycles. The molecule has 1 rings (SSSR count). The van der Waals surface area contributed by atoms with E-state index < -0.39 is 0 Å². The maximum atomic E-state index is 11.9. The van der Waals surface area contributed by atoms with E-state index in [1.165, 1.54) is 0 Å². The summed E-state index contributed by atoms with van der Waals surface area (Å²) >= 11 is 5.03. The van der Waals surface area contributed by atoms with Crippen LogP contribution >= 0.6 is 12.2 Å². The van der Waals surface area contributed by atoms with Crippen molar-refractivity contribution in [1.82, 2.24) is 21.1 Å². The van der Waals surface area contributed by atoms with Crippen molar-refractivity contribution in [2.75, 3.05) is 26.3 Å². The fourth-order valence-corrected chi connectivity index (χ4v) is 2.11. The van der Waals surface area contributed by atoms with Gasteiger partial charge in [-0.3, -0.25) is 20.4 Å². The fraction of sp³-hybridized carbons (Fsp3) is 0.769. The number of rotatable bonds is 3. The van der Waals surface area contributed by atoms with Gasteiger partial charge < -0.3 is 15.0 Å². The van der Waals surface area contributed by atoms with Crippen LogP contribution in [0, 0.1) is 0 Å². The number of nitrogens with one attached hydrogen (secondary N) is 3. The monoisotopic (exact) mass is 316 g/mol. The highest BCUT2D eigenvalue weighted by Gasteiger charge is 2.17. The van der Waals surface area contributed by atoms with Gasteiger partial charge in [0.2, 0.25) is 11.8 Å². The molecule has 0 saturated carbocycles. The Labute approximate surface area is 130 Å². The number of hydrogen-bond acceptors (Lipinski definition) is 4. The molecule has 0 radical (unpaired) electrons. The van der Waals surface area contributed by atoms with Crippen molar-refractivity contribution in [1.29, 1.82) is 0 Å². The number of nitrogens with zero attached hydrogens (tertiary/aromatic N) is 1. The summed E-state index contributed by atoms with van der Waals surface area (Å²) in [5.41, 5.74) is 4.91. The normalized spacial score (nSPS) is 15.3. The van der Waals surface area contributed by atoms with Crippen molar-refractivity contribution < 1.29 is 14.3 Å². The molecule has 0 aromatic heterocycles. The van der Waals surface area contributed by atoms with Crippen LogP contribution in [-0.4, -0.2) is 53.7 Å². The van der Waals surface area contributed by atoms with Crippen LogP contribution in [0.2, 0.25) is 0 Å². The Hall–Kier alpha value is -1.41. The van der Waals surface area contributed by atoms with E-state index in [1.54, 1.807) is 4.90 Å². The highest BCUT2D eigenvalue weighted by molar-refractivity contribution is 7.80. The van der Waals surface area contributed by atoms with E-state index in [4.69, 9.17) is 17.0 Å². The molecule has 0 spiro atoms. The van der Waals surface area contributed by atoms with E-state index in [2.05, 4.69) is 16.2 Å². The SMILES string of the molecule is CC(C)(C)NC(=S)NNC(=O)CCC(=O)N1CCOCC1. The second kappa shape index (κ2) is 8.14. The molecule has 1 aliphatic rings. The summed E-state index contributed by atoms with van der Waals surface area (Å²) < 4.78 is 5.18. The van der Waals surface area contributed by atoms with Gasteiger partial charge in [0.25, 0.3) is 0 Å². The summed E-state index contributed by atoms with van der Waals surface area (Å²) in [6, 6.07) is 0. The van der Waals surface area contributed by atoms with Crippen LogP contribution in [0.15, 0.2) is 0 Å². The van der Waals surface area contributed by atoms with Gasteiger partial charge in [-0.25, -0.2) is 0 Å². The summed E-state index contributed by atoms with van der Waals surface area (Å²) in [6.45, 7) is 8.20. The fourth-order valence-electron chi connectivity index (χ4n) is 1.75. The summed E-state index contributed by atoms with van der Waals surface area (Å²) in [4.78, 5) is 25.2. The van der Waals surface area contributed by atoms with Crippen LogP contribution in [0.5, 0.6) is 0 Å². The van der Waals surface area contributed by atoms with Crippen molar-refractivity contribution in [2.45, 2.75) is 39.2 Å². The highest BCUT2D eigenvalue weighted by Crippen LogP contribution is 2.02. The Morgan fingerprint density at radius 2 is 1.76 bits per heavy atom. The zero-order valence-corrected chi connectivity index (χ0v) is 13.6. The number of amides is 2. The Morgan fingerprint density at radius 3 is 2.33 bits per heavy atom. The van der Waals surface area contributed by atoms with E-state index in [0.717, 1.165) is 0 Å². The number of morpholine rings is 1. The van der Waals surface area contributed by atoms with Gasteiger partial charge in [-0.2, -0.15) is 0 Å². The molecule has 0 aromatic rings. The highest BCUT2D eigenvalue weighted by atomic mass is 32.1. The molecule has 1 fully saturated rings. The number of carbonyl (C=O) groups excluding carboxylic acids is 2. The zero-order chi connectivity index (χ0) is 15.9. The molecule has 1 aliphatic heterocycles. The molecule has 0 aliphatic carbocycles. The molecule has 0 aromatic carbocycles. The third kappa shape index (κ3) is 7.81. The quantitative estimate of drug-likeness (QED) is 0.499. The predicted octanol–water partition coefficient (Wildman–Crippen LogP) is -0.0808. The van der Waals surface area contributed by atoms with Crippen molar-refractivity contribution in [3.05, 3.63) is 0 Å². The number of carbonyl (C=O) groups is 2. The number of thiocarbonyl (C=S) groups is 1. The smallest absolute Gasteiger partial charge is 0.238 e.